The highest BCUT2D eigenvalue weighted by molar-refractivity contribution is 7.98. The van der Waals surface area contributed by atoms with Gasteiger partial charge in [-0.2, -0.15) is 11.8 Å². The number of imide groups is 1. The Bertz CT molecular complexity index is 1290. The van der Waals surface area contributed by atoms with Crippen molar-refractivity contribution in [2.75, 3.05) is 104 Å². The number of carboxylic acid groups (broad SMARTS) is 3. The molecule has 3 atom stereocenters. The lowest BCUT2D eigenvalue weighted by molar-refractivity contribution is -0.140. The SMILES string of the molecule is CCC(C)[C@H](NC(=O)[C@H](CCSC)NC(=O)CN1CCN(CC(=O)O)CCN(CC(=O)O)CCN(CC(=O)O)CC1)C(=O)NCCN1C(=O)C=CC1=O. The summed E-state index contributed by atoms with van der Waals surface area (Å²) in [4.78, 5) is 106. The van der Waals surface area contributed by atoms with Crippen molar-refractivity contribution in [1.29, 1.82) is 0 Å². The molecule has 0 aliphatic carbocycles. The van der Waals surface area contributed by atoms with Gasteiger partial charge in [0.2, 0.25) is 17.7 Å². The van der Waals surface area contributed by atoms with Crippen molar-refractivity contribution in [3.8, 4) is 0 Å². The molecular formula is C33H54N8O11S. The number of hydrogen-bond acceptors (Lipinski definition) is 13. The predicted octanol–water partition coefficient (Wildman–Crippen LogP) is -2.73. The van der Waals surface area contributed by atoms with Crippen molar-refractivity contribution in [2.24, 2.45) is 5.92 Å². The lowest BCUT2D eigenvalue weighted by atomic mass is 9.97. The third-order valence-corrected chi connectivity index (χ3v) is 9.61. The van der Waals surface area contributed by atoms with Crippen LogP contribution in [0.5, 0.6) is 0 Å². The third kappa shape index (κ3) is 17.1. The fourth-order valence-electron chi connectivity index (χ4n) is 5.74. The number of rotatable bonds is 20. The third-order valence-electron chi connectivity index (χ3n) is 8.96. The molecular weight excluding hydrogens is 716 g/mol. The fraction of sp³-hybridized carbons (Fsp3) is 0.697. The van der Waals surface area contributed by atoms with E-state index in [2.05, 4.69) is 16.0 Å². The van der Waals surface area contributed by atoms with E-state index in [1.54, 1.807) is 26.5 Å². The van der Waals surface area contributed by atoms with E-state index in [4.69, 9.17) is 0 Å². The molecule has 0 radical (unpaired) electrons. The second-order valence-electron chi connectivity index (χ2n) is 13.0. The minimum Gasteiger partial charge on any atom is -0.480 e. The van der Waals surface area contributed by atoms with Gasteiger partial charge in [-0.05, 0) is 24.3 Å². The van der Waals surface area contributed by atoms with Crippen LogP contribution in [0.2, 0.25) is 0 Å². The van der Waals surface area contributed by atoms with Gasteiger partial charge in [-0.15, -0.1) is 0 Å². The number of carbonyl (C=O) groups excluding carboxylic acids is 5. The Morgan fingerprint density at radius 3 is 1.55 bits per heavy atom. The van der Waals surface area contributed by atoms with Crippen molar-refractivity contribution in [2.45, 2.75) is 38.8 Å². The second kappa shape index (κ2) is 23.5. The highest BCUT2D eigenvalue weighted by Crippen LogP contribution is 2.11. The predicted molar refractivity (Wildman–Crippen MR) is 194 cm³/mol. The zero-order valence-corrected chi connectivity index (χ0v) is 31.5. The minimum absolute atomic E-state index is 0.0162. The van der Waals surface area contributed by atoms with Gasteiger partial charge in [-0.3, -0.25) is 62.9 Å². The van der Waals surface area contributed by atoms with Crippen LogP contribution in [0.4, 0.5) is 0 Å². The summed E-state index contributed by atoms with van der Waals surface area (Å²) in [5, 5.41) is 36.6. The molecule has 5 amide bonds. The average molecular weight is 771 g/mol. The highest BCUT2D eigenvalue weighted by Gasteiger charge is 2.31. The number of carbonyl (C=O) groups is 8. The Hall–Kier alpha value is -4.11. The number of aliphatic carboxylic acids is 3. The van der Waals surface area contributed by atoms with Crippen LogP contribution in [-0.4, -0.2) is 203 Å². The lowest BCUT2D eigenvalue weighted by Crippen LogP contribution is -2.57. The van der Waals surface area contributed by atoms with Gasteiger partial charge >= 0.3 is 17.9 Å². The van der Waals surface area contributed by atoms with Crippen molar-refractivity contribution in [3.63, 3.8) is 0 Å². The summed E-state index contributed by atoms with van der Waals surface area (Å²) in [5.74, 6) is -5.51. The molecule has 53 heavy (non-hydrogen) atoms. The zero-order chi connectivity index (χ0) is 39.5. The first-order valence-corrected chi connectivity index (χ1v) is 19.0. The largest absolute Gasteiger partial charge is 0.480 e. The van der Waals surface area contributed by atoms with Crippen molar-refractivity contribution in [3.05, 3.63) is 12.2 Å². The Labute approximate surface area is 313 Å². The lowest BCUT2D eigenvalue weighted by Gasteiger charge is -2.33. The molecule has 298 valence electrons. The molecule has 2 heterocycles. The van der Waals surface area contributed by atoms with Crippen molar-refractivity contribution < 1.29 is 53.7 Å². The maximum Gasteiger partial charge on any atom is 0.317 e. The van der Waals surface area contributed by atoms with Gasteiger partial charge in [0, 0.05) is 77.6 Å². The van der Waals surface area contributed by atoms with Gasteiger partial charge in [-0.25, -0.2) is 0 Å². The highest BCUT2D eigenvalue weighted by atomic mass is 32.2. The number of nitrogens with one attached hydrogen (secondary N) is 3. The van der Waals surface area contributed by atoms with E-state index in [1.165, 1.54) is 11.8 Å². The van der Waals surface area contributed by atoms with Gasteiger partial charge in [0.05, 0.1) is 26.2 Å². The van der Waals surface area contributed by atoms with Crippen molar-refractivity contribution >= 4 is 59.2 Å². The van der Waals surface area contributed by atoms with E-state index in [1.807, 2.05) is 13.2 Å². The molecule has 0 aromatic heterocycles. The van der Waals surface area contributed by atoms with Gasteiger partial charge in [0.25, 0.3) is 11.8 Å². The molecule has 2 rings (SSSR count). The molecule has 0 bridgehead atoms. The monoisotopic (exact) mass is 770 g/mol. The summed E-state index contributed by atoms with van der Waals surface area (Å²) < 4.78 is 0. The molecule has 1 unspecified atom stereocenters. The van der Waals surface area contributed by atoms with Gasteiger partial charge in [0.1, 0.15) is 12.1 Å². The molecule has 0 spiro atoms. The Kier molecular flexibility index (Phi) is 20.0. The van der Waals surface area contributed by atoms with Crippen LogP contribution >= 0.6 is 11.8 Å². The second-order valence-corrected chi connectivity index (χ2v) is 14.0. The molecule has 0 saturated carbocycles. The molecule has 2 aliphatic rings. The van der Waals surface area contributed by atoms with Crippen LogP contribution in [0.1, 0.15) is 26.7 Å². The van der Waals surface area contributed by atoms with Crippen LogP contribution in [0, 0.1) is 5.92 Å². The van der Waals surface area contributed by atoms with E-state index in [9.17, 15) is 53.7 Å². The number of thioether (sulfide) groups is 1. The number of hydrogen-bond donors (Lipinski definition) is 6. The molecule has 19 nitrogen and oxygen atoms in total. The summed E-state index contributed by atoms with van der Waals surface area (Å²) in [7, 11) is 0. The molecule has 1 fully saturated rings. The zero-order valence-electron chi connectivity index (χ0n) is 30.7. The van der Waals surface area contributed by atoms with Gasteiger partial charge in [0.15, 0.2) is 0 Å². The maximum absolute atomic E-state index is 13.6. The Morgan fingerprint density at radius 2 is 1.15 bits per heavy atom. The molecule has 1 saturated heterocycles. The van der Waals surface area contributed by atoms with Crippen LogP contribution in [0.3, 0.4) is 0 Å². The summed E-state index contributed by atoms with van der Waals surface area (Å²) in [6.07, 6.45) is 4.94. The quantitative estimate of drug-likeness (QED) is 0.0688. The van der Waals surface area contributed by atoms with E-state index >= 15 is 0 Å². The van der Waals surface area contributed by atoms with E-state index < -0.39 is 59.5 Å². The molecule has 20 heteroatoms. The smallest absolute Gasteiger partial charge is 0.317 e. The maximum atomic E-state index is 13.6. The number of carboxylic acids is 3. The van der Waals surface area contributed by atoms with Crippen LogP contribution in [0.15, 0.2) is 12.2 Å². The van der Waals surface area contributed by atoms with Crippen LogP contribution in [0.25, 0.3) is 0 Å². The Morgan fingerprint density at radius 1 is 0.717 bits per heavy atom. The van der Waals surface area contributed by atoms with E-state index in [-0.39, 0.29) is 104 Å². The first-order chi connectivity index (χ1) is 25.1. The Balaban J connectivity index is 2.15. The number of nitrogens with zero attached hydrogens (tertiary/aromatic N) is 5. The normalized spacial score (nSPS) is 18.7. The van der Waals surface area contributed by atoms with E-state index in [0.717, 1.165) is 17.1 Å². The van der Waals surface area contributed by atoms with Crippen LogP contribution < -0.4 is 16.0 Å². The summed E-state index contributed by atoms with van der Waals surface area (Å²) in [6.45, 7) is 4.33. The summed E-state index contributed by atoms with van der Waals surface area (Å²) in [6, 6.07) is -1.97. The first-order valence-electron chi connectivity index (χ1n) is 17.6. The molecule has 6 N–H and O–H groups in total. The first kappa shape index (κ1) is 45.0. The summed E-state index contributed by atoms with van der Waals surface area (Å²) in [5.41, 5.74) is 0. The van der Waals surface area contributed by atoms with Crippen LogP contribution in [-0.2, 0) is 38.4 Å². The molecule has 0 aromatic carbocycles. The van der Waals surface area contributed by atoms with Gasteiger partial charge in [-0.1, -0.05) is 20.3 Å². The van der Waals surface area contributed by atoms with Crippen molar-refractivity contribution in [1.82, 2.24) is 40.4 Å². The molecule has 2 aliphatic heterocycles. The number of amides is 5. The standard InChI is InChI=1S/C33H54N8O11S/c1-4-23(2)31(33(52)34-8-9-41-26(43)5-6-27(41)44)36-32(51)24(7-18-53-3)35-25(42)19-37-10-12-38(20-28(45)46)14-16-40(22-30(49)50)17-15-39(13-11-37)21-29(47)48/h5-6,23-24,31H,4,7-22H2,1-3H3,(H,34,52)(H,35,42)(H,36,51)(H,45,46)(H,47,48)(H,49,50)/t23?,24-,31-/m0/s1. The van der Waals surface area contributed by atoms with E-state index in [0.29, 0.717) is 12.2 Å². The van der Waals surface area contributed by atoms with Gasteiger partial charge < -0.3 is 31.3 Å². The molecule has 0 aromatic rings. The average Bonchev–Trinajstić information content (AvgIpc) is 3.41. The minimum atomic E-state index is -1.07. The fourth-order valence-corrected chi connectivity index (χ4v) is 6.21. The topological polar surface area (TPSA) is 250 Å². The summed E-state index contributed by atoms with van der Waals surface area (Å²) >= 11 is 1.47.